The van der Waals surface area contributed by atoms with Crippen LogP contribution >= 0.6 is 0 Å². The summed E-state index contributed by atoms with van der Waals surface area (Å²) in [5.41, 5.74) is 7.03. The second kappa shape index (κ2) is 7.44. The van der Waals surface area contributed by atoms with E-state index >= 15 is 0 Å². The van der Waals surface area contributed by atoms with Gasteiger partial charge in [-0.25, -0.2) is 0 Å². The fourth-order valence-electron chi connectivity index (χ4n) is 4.30. The Kier molecular flexibility index (Phi) is 4.83. The molecular formula is C27H25N. The van der Waals surface area contributed by atoms with Crippen LogP contribution in [-0.2, 0) is 0 Å². The highest BCUT2D eigenvalue weighted by molar-refractivity contribution is 5.79. The van der Waals surface area contributed by atoms with Crippen LogP contribution in [0.2, 0.25) is 0 Å². The molecule has 1 heterocycles. The van der Waals surface area contributed by atoms with Gasteiger partial charge >= 0.3 is 0 Å². The summed E-state index contributed by atoms with van der Waals surface area (Å²) in [7, 11) is 0. The molecule has 1 heteroatoms. The lowest BCUT2D eigenvalue weighted by molar-refractivity contribution is 0.642. The fourth-order valence-corrected chi connectivity index (χ4v) is 4.30. The Balaban J connectivity index is 2.14. The van der Waals surface area contributed by atoms with Gasteiger partial charge in [0.15, 0.2) is 0 Å². The third-order valence-corrected chi connectivity index (χ3v) is 5.81. The van der Waals surface area contributed by atoms with Gasteiger partial charge in [0.1, 0.15) is 0 Å². The summed E-state index contributed by atoms with van der Waals surface area (Å²) in [6, 6.07) is 8.20. The van der Waals surface area contributed by atoms with Gasteiger partial charge in [-0.1, -0.05) is 86.0 Å². The van der Waals surface area contributed by atoms with Crippen molar-refractivity contribution in [3.05, 3.63) is 118 Å². The van der Waals surface area contributed by atoms with Gasteiger partial charge in [0.05, 0.1) is 5.69 Å². The zero-order valence-electron chi connectivity index (χ0n) is 16.4. The maximum Gasteiger partial charge on any atom is 0.0740 e. The predicted octanol–water partition coefficient (Wildman–Crippen LogP) is 5.08. The van der Waals surface area contributed by atoms with Crippen molar-refractivity contribution < 1.29 is 0 Å². The molecule has 0 amide bonds. The van der Waals surface area contributed by atoms with Crippen LogP contribution in [0.15, 0.2) is 96.3 Å². The van der Waals surface area contributed by atoms with Crippen LogP contribution in [0.25, 0.3) is 18.7 Å². The van der Waals surface area contributed by atoms with E-state index in [0.717, 1.165) is 28.1 Å². The molecule has 1 nitrogen and oxygen atoms in total. The number of rotatable bonds is 0. The highest BCUT2D eigenvalue weighted by atomic mass is 14.7. The van der Waals surface area contributed by atoms with Crippen molar-refractivity contribution in [2.75, 3.05) is 0 Å². The summed E-state index contributed by atoms with van der Waals surface area (Å²) >= 11 is 0. The number of hydrogen-bond acceptors (Lipinski definition) is 1. The summed E-state index contributed by atoms with van der Waals surface area (Å²) in [6.45, 7) is 15.0. The van der Waals surface area contributed by atoms with Gasteiger partial charge in [-0.05, 0) is 52.1 Å². The monoisotopic (exact) mass is 363 g/mol. The molecule has 0 N–H and O–H groups in total. The van der Waals surface area contributed by atoms with E-state index in [1.54, 1.807) is 0 Å². The van der Waals surface area contributed by atoms with Crippen LogP contribution in [0.3, 0.4) is 0 Å². The zero-order chi connectivity index (χ0) is 19.7. The predicted molar refractivity (Wildman–Crippen MR) is 120 cm³/mol. The van der Waals surface area contributed by atoms with E-state index in [9.17, 15) is 0 Å². The number of fused-ring (bicyclic) bond motifs is 4. The first kappa shape index (κ1) is 18.2. The van der Waals surface area contributed by atoms with E-state index in [1.165, 1.54) is 22.3 Å². The first-order valence-corrected chi connectivity index (χ1v) is 9.70. The molecule has 2 atom stereocenters. The van der Waals surface area contributed by atoms with E-state index in [-0.39, 0.29) is 11.8 Å². The first-order chi connectivity index (χ1) is 13.6. The molecule has 0 aliphatic heterocycles. The zero-order valence-corrected chi connectivity index (χ0v) is 16.4. The van der Waals surface area contributed by atoms with Crippen LogP contribution in [0, 0.1) is 5.92 Å². The molecule has 28 heavy (non-hydrogen) atoms. The lowest BCUT2D eigenvalue weighted by Gasteiger charge is -2.37. The van der Waals surface area contributed by atoms with Crippen LogP contribution in [0.5, 0.6) is 0 Å². The molecule has 1 aromatic heterocycles. The summed E-state index contributed by atoms with van der Waals surface area (Å²) in [5.74, 6) is 0.500. The van der Waals surface area contributed by atoms with Gasteiger partial charge < -0.3 is 0 Å². The molecule has 138 valence electrons. The second-order valence-corrected chi connectivity index (χ2v) is 7.51. The molecule has 0 spiro atoms. The van der Waals surface area contributed by atoms with Gasteiger partial charge in [0.25, 0.3) is 0 Å². The van der Waals surface area contributed by atoms with E-state index in [4.69, 9.17) is 4.98 Å². The van der Waals surface area contributed by atoms with Crippen LogP contribution in [0.1, 0.15) is 30.5 Å². The van der Waals surface area contributed by atoms with E-state index in [2.05, 4.69) is 81.3 Å². The van der Waals surface area contributed by atoms with Gasteiger partial charge in [-0.2, -0.15) is 0 Å². The van der Waals surface area contributed by atoms with E-state index in [1.807, 2.05) is 18.3 Å². The Labute approximate surface area is 167 Å². The topological polar surface area (TPSA) is 12.9 Å². The molecule has 0 fully saturated rings. The largest absolute Gasteiger partial charge is 0.256 e. The highest BCUT2D eigenvalue weighted by Crippen LogP contribution is 2.47. The molecular weight excluding hydrogens is 338 g/mol. The van der Waals surface area contributed by atoms with Crippen molar-refractivity contribution in [2.45, 2.75) is 19.3 Å². The molecule has 4 rings (SSSR count). The lowest BCUT2D eigenvalue weighted by atomic mass is 9.67. The van der Waals surface area contributed by atoms with Gasteiger partial charge in [0, 0.05) is 18.0 Å². The molecule has 0 aromatic carbocycles. The molecule has 2 bridgehead atoms. The highest BCUT2D eigenvalue weighted by Gasteiger charge is 2.36. The van der Waals surface area contributed by atoms with E-state index < -0.39 is 0 Å². The molecule has 3 aliphatic carbocycles. The van der Waals surface area contributed by atoms with Crippen molar-refractivity contribution in [3.8, 4) is 0 Å². The molecule has 0 saturated heterocycles. The summed E-state index contributed by atoms with van der Waals surface area (Å²) < 4.78 is 0. The molecule has 0 radical (unpaired) electrons. The number of nitrogens with zero attached hydrogens (tertiary/aromatic N) is 1. The smallest absolute Gasteiger partial charge is 0.0740 e. The Morgan fingerprint density at radius 1 is 1.04 bits per heavy atom. The minimum Gasteiger partial charge on any atom is -0.256 e. The van der Waals surface area contributed by atoms with E-state index in [0.29, 0.717) is 0 Å². The Morgan fingerprint density at radius 2 is 1.89 bits per heavy atom. The fraction of sp³-hybridized carbons (Fsp3) is 0.148. The average Bonchev–Trinajstić information content (AvgIpc) is 2.68. The summed E-state index contributed by atoms with van der Waals surface area (Å²) in [4.78, 5) is 4.87. The van der Waals surface area contributed by atoms with Gasteiger partial charge in [0.2, 0.25) is 0 Å². The number of aromatic nitrogens is 1. The maximum atomic E-state index is 4.87. The number of hydrogen-bond donors (Lipinski definition) is 0. The lowest BCUT2D eigenvalue weighted by Crippen LogP contribution is -2.32. The van der Waals surface area contributed by atoms with Crippen molar-refractivity contribution in [1.29, 1.82) is 0 Å². The number of allylic oxidation sites excluding steroid dienone is 11. The maximum absolute atomic E-state index is 4.87. The van der Waals surface area contributed by atoms with Crippen LogP contribution in [-0.4, -0.2) is 4.98 Å². The molecule has 2 unspecified atom stereocenters. The summed E-state index contributed by atoms with van der Waals surface area (Å²) in [5, 5.41) is 1.92. The Morgan fingerprint density at radius 3 is 2.75 bits per heavy atom. The molecule has 1 aromatic rings. The van der Waals surface area contributed by atoms with Crippen molar-refractivity contribution in [3.63, 3.8) is 0 Å². The Hall–Kier alpha value is -3.19. The van der Waals surface area contributed by atoms with Crippen LogP contribution in [0.4, 0.5) is 0 Å². The standard InChI is InChI=1S/C27H25N/c1-18-10-8-14-23-21(4)27(28-17-16-18)25-20(3)19(2)11-6-5-7-12-22-13-9-15-24(23)26(22)25/h5-11,13-17,24,26H,1-2,4,12H2,3H3/b7-5-,10-8?,11-6-,17-16?,23-14?,25-20?,28-27?. The third-order valence-electron chi connectivity index (χ3n) is 5.81. The van der Waals surface area contributed by atoms with Crippen LogP contribution < -0.4 is 10.4 Å². The van der Waals surface area contributed by atoms with Gasteiger partial charge in [-0.15, -0.1) is 0 Å². The summed E-state index contributed by atoms with van der Waals surface area (Å²) in [6.07, 6.45) is 18.0. The first-order valence-electron chi connectivity index (χ1n) is 9.70. The minimum absolute atomic E-state index is 0.248. The van der Waals surface area contributed by atoms with Crippen molar-refractivity contribution in [1.82, 2.24) is 4.98 Å². The Bertz CT molecular complexity index is 1150. The van der Waals surface area contributed by atoms with Gasteiger partial charge in [-0.3, -0.25) is 4.98 Å². The van der Waals surface area contributed by atoms with Crippen molar-refractivity contribution >= 4 is 18.7 Å². The second-order valence-electron chi connectivity index (χ2n) is 7.51. The SMILES string of the molecule is C=C1/C=C\C=C/CC2=CC=CC3c4cccc(=C)ccnc(c4=C)C(=C1C)C23. The molecule has 0 saturated carbocycles. The van der Waals surface area contributed by atoms with Crippen molar-refractivity contribution in [2.24, 2.45) is 5.92 Å². The quantitative estimate of drug-likeness (QED) is 0.626. The minimum atomic E-state index is 0.248. The average molecular weight is 364 g/mol. The third kappa shape index (κ3) is 3.14. The normalized spacial score (nSPS) is 24.6. The molecule has 3 aliphatic rings.